The molecule has 6 heteroatoms. The lowest BCUT2D eigenvalue weighted by Crippen LogP contribution is -2.11. The fourth-order valence-corrected chi connectivity index (χ4v) is 4.62. The lowest BCUT2D eigenvalue weighted by atomic mass is 10.0. The van der Waals surface area contributed by atoms with E-state index in [2.05, 4.69) is 45.0 Å². The number of nitrogens with zero attached hydrogens (tertiary/aromatic N) is 1. The molecule has 0 radical (unpaired) electrons. The molecule has 0 aliphatic carbocycles. The molecule has 0 unspecified atom stereocenters. The van der Waals surface area contributed by atoms with Crippen LogP contribution in [0.3, 0.4) is 0 Å². The highest BCUT2D eigenvalue weighted by atomic mass is 127. The van der Waals surface area contributed by atoms with Crippen molar-refractivity contribution in [2.45, 2.75) is 19.3 Å². The van der Waals surface area contributed by atoms with Crippen LogP contribution in [-0.4, -0.2) is 15.9 Å². The topological polar surface area (TPSA) is 57.8 Å². The van der Waals surface area contributed by atoms with E-state index in [1.54, 1.807) is 0 Å². The second-order valence-corrected chi connectivity index (χ2v) is 9.65. The number of aromatic amines is 1. The highest BCUT2D eigenvalue weighted by Gasteiger charge is 2.16. The molecular formula is C27H21ClIN3O. The number of aryl methyl sites for hydroxylation is 1. The number of hydrogen-bond acceptors (Lipinski definition) is 2. The molecule has 3 aromatic carbocycles. The number of benzene rings is 3. The van der Waals surface area contributed by atoms with E-state index in [1.165, 1.54) is 0 Å². The number of carbonyl (C=O) groups is 1. The second-order valence-electron chi connectivity index (χ2n) is 7.97. The number of amides is 1. The number of carbonyl (C=O) groups excluding carboxylic acids is 1. The Labute approximate surface area is 210 Å². The number of halogens is 2. The molecule has 164 valence electrons. The molecule has 2 N–H and O–H groups in total. The Hall–Kier alpha value is -2.90. The standard InChI is InChI=1S/C27H21ClIN3O/c28-18-9-15-24-22(16-18)21(5-3-7-26(33)30-20-12-10-19(29)11-13-20)27(32-24)25-14-8-17-4-1-2-6-23(17)31-25/h1-2,4,6,8-16,32H,3,5,7H2,(H,30,33). The SMILES string of the molecule is O=C(CCCc1c(-c2ccc3ccccc3n2)[nH]c2ccc(Cl)cc12)Nc1ccc(I)cc1. The first-order valence-corrected chi connectivity index (χ1v) is 12.2. The van der Waals surface area contributed by atoms with Crippen LogP contribution in [0.5, 0.6) is 0 Å². The molecule has 0 aliphatic heterocycles. The van der Waals surface area contributed by atoms with Crippen molar-refractivity contribution in [1.29, 1.82) is 0 Å². The van der Waals surface area contributed by atoms with Crippen molar-refractivity contribution >= 4 is 67.6 Å². The monoisotopic (exact) mass is 565 g/mol. The minimum atomic E-state index is 0.0134. The molecule has 33 heavy (non-hydrogen) atoms. The summed E-state index contributed by atoms with van der Waals surface area (Å²) in [5.41, 5.74) is 5.80. The number of pyridine rings is 1. The second kappa shape index (κ2) is 9.53. The Balaban J connectivity index is 1.40. The molecule has 5 rings (SSSR count). The van der Waals surface area contributed by atoms with Gasteiger partial charge in [0.2, 0.25) is 5.91 Å². The lowest BCUT2D eigenvalue weighted by molar-refractivity contribution is -0.116. The maximum atomic E-state index is 12.5. The number of fused-ring (bicyclic) bond motifs is 2. The molecule has 0 spiro atoms. The fraction of sp³-hybridized carbons (Fsp3) is 0.111. The van der Waals surface area contributed by atoms with Crippen LogP contribution in [0, 0.1) is 3.57 Å². The van der Waals surface area contributed by atoms with E-state index in [4.69, 9.17) is 16.6 Å². The summed E-state index contributed by atoms with van der Waals surface area (Å²) in [6.45, 7) is 0. The molecule has 0 bridgehead atoms. The van der Waals surface area contributed by atoms with Gasteiger partial charge in [0.25, 0.3) is 0 Å². The molecule has 1 amide bonds. The third-order valence-corrected chi connectivity index (χ3v) is 6.64. The predicted octanol–water partition coefficient (Wildman–Crippen LogP) is 7.60. The van der Waals surface area contributed by atoms with Gasteiger partial charge in [-0.2, -0.15) is 0 Å². The van der Waals surface area contributed by atoms with Crippen molar-refractivity contribution in [2.24, 2.45) is 0 Å². The molecule has 2 aromatic heterocycles. The van der Waals surface area contributed by atoms with Crippen LogP contribution in [0.2, 0.25) is 5.02 Å². The Morgan fingerprint density at radius 2 is 1.82 bits per heavy atom. The summed E-state index contributed by atoms with van der Waals surface area (Å²) in [5.74, 6) is 0.0134. The Morgan fingerprint density at radius 1 is 1.00 bits per heavy atom. The van der Waals surface area contributed by atoms with Gasteiger partial charge < -0.3 is 10.3 Å². The zero-order valence-electron chi connectivity index (χ0n) is 17.7. The number of nitrogens with one attached hydrogen (secondary N) is 2. The smallest absolute Gasteiger partial charge is 0.224 e. The van der Waals surface area contributed by atoms with E-state index in [-0.39, 0.29) is 5.91 Å². The number of rotatable bonds is 6. The number of H-pyrrole nitrogens is 1. The minimum Gasteiger partial charge on any atom is -0.353 e. The largest absolute Gasteiger partial charge is 0.353 e. The van der Waals surface area contributed by atoms with E-state index in [9.17, 15) is 4.79 Å². The maximum Gasteiger partial charge on any atom is 0.224 e. The number of anilines is 1. The van der Waals surface area contributed by atoms with Gasteiger partial charge in [-0.3, -0.25) is 4.79 Å². The summed E-state index contributed by atoms with van der Waals surface area (Å²) >= 11 is 8.57. The summed E-state index contributed by atoms with van der Waals surface area (Å²) in [7, 11) is 0. The van der Waals surface area contributed by atoms with Gasteiger partial charge in [0.05, 0.1) is 16.9 Å². The molecule has 0 fully saturated rings. The Bertz CT molecular complexity index is 1460. The van der Waals surface area contributed by atoms with Crippen LogP contribution in [0.25, 0.3) is 33.2 Å². The molecule has 5 aromatic rings. The van der Waals surface area contributed by atoms with Gasteiger partial charge in [0.1, 0.15) is 0 Å². The summed E-state index contributed by atoms with van der Waals surface area (Å²) in [4.78, 5) is 20.9. The van der Waals surface area contributed by atoms with Gasteiger partial charge in [-0.25, -0.2) is 4.98 Å². The van der Waals surface area contributed by atoms with E-state index in [1.807, 2.05) is 66.7 Å². The zero-order chi connectivity index (χ0) is 22.8. The first kappa shape index (κ1) is 21.9. The summed E-state index contributed by atoms with van der Waals surface area (Å²) in [5, 5.41) is 5.85. The third-order valence-electron chi connectivity index (χ3n) is 5.68. The zero-order valence-corrected chi connectivity index (χ0v) is 20.7. The molecule has 0 saturated carbocycles. The first-order chi connectivity index (χ1) is 16.1. The third kappa shape index (κ3) is 4.89. The average Bonchev–Trinajstić information content (AvgIpc) is 3.18. The van der Waals surface area contributed by atoms with Gasteiger partial charge in [0, 0.05) is 37.0 Å². The number of para-hydroxylation sites is 1. The van der Waals surface area contributed by atoms with Crippen LogP contribution in [-0.2, 0) is 11.2 Å². The van der Waals surface area contributed by atoms with E-state index in [0.29, 0.717) is 11.4 Å². The molecule has 4 nitrogen and oxygen atoms in total. The maximum absolute atomic E-state index is 12.5. The Kier molecular flexibility index (Phi) is 6.33. The van der Waals surface area contributed by atoms with Gasteiger partial charge in [-0.1, -0.05) is 35.9 Å². The summed E-state index contributed by atoms with van der Waals surface area (Å²) in [6.07, 6.45) is 1.89. The van der Waals surface area contributed by atoms with Crippen LogP contribution >= 0.6 is 34.2 Å². The molecule has 0 atom stereocenters. The van der Waals surface area contributed by atoms with Gasteiger partial charge in [0.15, 0.2) is 0 Å². The van der Waals surface area contributed by atoms with Crippen LogP contribution in [0.15, 0.2) is 78.9 Å². The van der Waals surface area contributed by atoms with Gasteiger partial charge >= 0.3 is 0 Å². The molecule has 0 saturated heterocycles. The van der Waals surface area contributed by atoms with Crippen LogP contribution in [0.4, 0.5) is 5.69 Å². The molecule has 0 aliphatic rings. The van der Waals surface area contributed by atoms with Gasteiger partial charge in [-0.15, -0.1) is 0 Å². The number of aromatic nitrogens is 2. The van der Waals surface area contributed by atoms with Crippen molar-refractivity contribution in [3.63, 3.8) is 0 Å². The van der Waals surface area contributed by atoms with E-state index >= 15 is 0 Å². The van der Waals surface area contributed by atoms with Crippen molar-refractivity contribution in [3.05, 3.63) is 93.0 Å². The first-order valence-electron chi connectivity index (χ1n) is 10.8. The van der Waals surface area contributed by atoms with Crippen molar-refractivity contribution in [2.75, 3.05) is 5.32 Å². The van der Waals surface area contributed by atoms with Crippen molar-refractivity contribution in [3.8, 4) is 11.4 Å². The number of hydrogen-bond donors (Lipinski definition) is 2. The van der Waals surface area contributed by atoms with E-state index < -0.39 is 0 Å². The summed E-state index contributed by atoms with van der Waals surface area (Å²) < 4.78 is 1.14. The lowest BCUT2D eigenvalue weighted by Gasteiger charge is -2.08. The Morgan fingerprint density at radius 3 is 2.67 bits per heavy atom. The molecular weight excluding hydrogens is 545 g/mol. The summed E-state index contributed by atoms with van der Waals surface area (Å²) in [6, 6.07) is 25.9. The van der Waals surface area contributed by atoms with Crippen molar-refractivity contribution < 1.29 is 4.79 Å². The molecule has 2 heterocycles. The average molecular weight is 566 g/mol. The quantitative estimate of drug-likeness (QED) is 0.208. The van der Waals surface area contributed by atoms with Crippen LogP contribution < -0.4 is 5.32 Å². The highest BCUT2D eigenvalue weighted by Crippen LogP contribution is 2.33. The van der Waals surface area contributed by atoms with Gasteiger partial charge in [-0.05, 0) is 95.6 Å². The predicted molar refractivity (Wildman–Crippen MR) is 145 cm³/mol. The normalized spacial score (nSPS) is 11.2. The van der Waals surface area contributed by atoms with Crippen molar-refractivity contribution in [1.82, 2.24) is 9.97 Å². The van der Waals surface area contributed by atoms with E-state index in [0.717, 1.165) is 60.9 Å². The highest BCUT2D eigenvalue weighted by molar-refractivity contribution is 14.1. The minimum absolute atomic E-state index is 0.0134. The fourth-order valence-electron chi connectivity index (χ4n) is 4.09. The van der Waals surface area contributed by atoms with Crippen LogP contribution in [0.1, 0.15) is 18.4 Å².